The van der Waals surface area contributed by atoms with E-state index in [1.807, 2.05) is 12.1 Å². The van der Waals surface area contributed by atoms with Crippen LogP contribution < -0.4 is 24.8 Å². The molecular weight excluding hydrogens is 445 g/mol. The van der Waals surface area contributed by atoms with Crippen molar-refractivity contribution in [1.29, 1.82) is 0 Å². The number of methoxy groups -OCH3 is 3. The van der Waals surface area contributed by atoms with Gasteiger partial charge in [-0.3, -0.25) is 0 Å². The highest BCUT2D eigenvalue weighted by Crippen LogP contribution is 2.39. The van der Waals surface area contributed by atoms with Gasteiger partial charge in [0, 0.05) is 18.7 Å². The van der Waals surface area contributed by atoms with Gasteiger partial charge in [0.05, 0.1) is 27.9 Å². The van der Waals surface area contributed by atoms with Crippen molar-refractivity contribution >= 4 is 29.9 Å². The number of nitrogens with one attached hydrogen (secondary N) is 2. The third-order valence-electron chi connectivity index (χ3n) is 3.86. The summed E-state index contributed by atoms with van der Waals surface area (Å²) in [7, 11) is 4.85. The van der Waals surface area contributed by atoms with E-state index < -0.39 is 0 Å². The number of halogens is 1. The van der Waals surface area contributed by atoms with Crippen molar-refractivity contribution in [3.63, 3.8) is 0 Å². The zero-order valence-corrected chi connectivity index (χ0v) is 19.0. The van der Waals surface area contributed by atoms with Crippen LogP contribution in [0.25, 0.3) is 0 Å². The van der Waals surface area contributed by atoms with Gasteiger partial charge in [0.25, 0.3) is 0 Å². The minimum atomic E-state index is 0. The fourth-order valence-corrected chi connectivity index (χ4v) is 2.55. The van der Waals surface area contributed by atoms with Crippen LogP contribution in [0, 0.1) is 0 Å². The lowest BCUT2D eigenvalue weighted by atomic mass is 10.1. The monoisotopic (exact) mass is 479 g/mol. The van der Waals surface area contributed by atoms with Gasteiger partial charge in [-0.25, -0.2) is 4.99 Å². The molecule has 6 nitrogen and oxygen atoms in total. The molecule has 1 aromatic carbocycles. The third-order valence-corrected chi connectivity index (χ3v) is 3.86. The number of benzene rings is 1. The third kappa shape index (κ3) is 7.88. The van der Waals surface area contributed by atoms with E-state index >= 15 is 0 Å². The van der Waals surface area contributed by atoms with Gasteiger partial charge in [0.2, 0.25) is 5.75 Å². The molecular formula is C19H34IN3O3. The van der Waals surface area contributed by atoms with Crippen LogP contribution in [0.4, 0.5) is 0 Å². The topological polar surface area (TPSA) is 64.1 Å². The Labute approximate surface area is 175 Å². The number of guanidine groups is 1. The van der Waals surface area contributed by atoms with Crippen LogP contribution in [-0.4, -0.2) is 40.4 Å². The Kier molecular flexibility index (Phi) is 14.0. The van der Waals surface area contributed by atoms with Crippen LogP contribution in [0.2, 0.25) is 0 Å². The average molecular weight is 479 g/mol. The molecule has 150 valence electrons. The summed E-state index contributed by atoms with van der Waals surface area (Å²) >= 11 is 0. The Morgan fingerprint density at radius 1 is 0.923 bits per heavy atom. The Morgan fingerprint density at radius 3 is 2.23 bits per heavy atom. The van der Waals surface area contributed by atoms with E-state index in [1.54, 1.807) is 21.3 Å². The summed E-state index contributed by atoms with van der Waals surface area (Å²) < 4.78 is 16.3. The molecule has 0 saturated carbocycles. The van der Waals surface area contributed by atoms with Crippen molar-refractivity contribution in [1.82, 2.24) is 10.6 Å². The molecule has 0 amide bonds. The molecule has 26 heavy (non-hydrogen) atoms. The zero-order valence-electron chi connectivity index (χ0n) is 16.7. The van der Waals surface area contributed by atoms with Gasteiger partial charge in [0.1, 0.15) is 0 Å². The predicted molar refractivity (Wildman–Crippen MR) is 118 cm³/mol. The summed E-state index contributed by atoms with van der Waals surface area (Å²) in [5.41, 5.74) is 0.948. The molecule has 2 N–H and O–H groups in total. The van der Waals surface area contributed by atoms with Gasteiger partial charge in [0.15, 0.2) is 17.5 Å². The molecule has 0 radical (unpaired) electrons. The molecule has 0 fully saturated rings. The minimum Gasteiger partial charge on any atom is -0.493 e. The Bertz CT molecular complexity index is 539. The van der Waals surface area contributed by atoms with Crippen LogP contribution in [0.15, 0.2) is 17.1 Å². The maximum absolute atomic E-state index is 5.51. The maximum Gasteiger partial charge on any atom is 0.203 e. The lowest BCUT2D eigenvalue weighted by Crippen LogP contribution is -2.37. The first-order valence-electron chi connectivity index (χ1n) is 9.01. The Balaban J connectivity index is 0.00000625. The van der Waals surface area contributed by atoms with Crippen LogP contribution in [0.5, 0.6) is 17.2 Å². The summed E-state index contributed by atoms with van der Waals surface area (Å²) in [6.07, 6.45) is 4.91. The zero-order chi connectivity index (χ0) is 18.5. The summed E-state index contributed by atoms with van der Waals surface area (Å²) in [5, 5.41) is 6.66. The number of nitrogens with zero attached hydrogens (tertiary/aromatic N) is 1. The first kappa shape index (κ1) is 24.6. The highest BCUT2D eigenvalue weighted by Gasteiger charge is 2.15. The first-order chi connectivity index (χ1) is 12.2. The first-order valence-corrected chi connectivity index (χ1v) is 9.01. The second kappa shape index (κ2) is 14.8. The largest absolute Gasteiger partial charge is 0.493 e. The molecule has 0 aliphatic carbocycles. The van der Waals surface area contributed by atoms with E-state index in [2.05, 4.69) is 29.5 Å². The van der Waals surface area contributed by atoms with Gasteiger partial charge < -0.3 is 24.8 Å². The molecule has 0 unspecified atom stereocenters. The number of hydrogen-bond acceptors (Lipinski definition) is 4. The lowest BCUT2D eigenvalue weighted by molar-refractivity contribution is 0.322. The van der Waals surface area contributed by atoms with Gasteiger partial charge in [-0.15, -0.1) is 24.0 Å². The fraction of sp³-hybridized carbons (Fsp3) is 0.632. The molecule has 1 rings (SSSR count). The molecule has 0 bridgehead atoms. The molecule has 0 atom stereocenters. The van der Waals surface area contributed by atoms with Crippen LogP contribution in [0.1, 0.15) is 45.1 Å². The molecule has 0 spiro atoms. The van der Waals surface area contributed by atoms with Crippen molar-refractivity contribution < 1.29 is 14.2 Å². The second-order valence-corrected chi connectivity index (χ2v) is 5.68. The van der Waals surface area contributed by atoms with Gasteiger partial charge in [-0.2, -0.15) is 0 Å². The van der Waals surface area contributed by atoms with E-state index in [4.69, 9.17) is 14.2 Å². The highest BCUT2D eigenvalue weighted by molar-refractivity contribution is 14.0. The van der Waals surface area contributed by atoms with Crippen molar-refractivity contribution in [3.8, 4) is 17.2 Å². The summed E-state index contributed by atoms with van der Waals surface area (Å²) in [6, 6.07) is 3.83. The molecule has 0 heterocycles. The molecule has 7 heteroatoms. The van der Waals surface area contributed by atoms with E-state index in [9.17, 15) is 0 Å². The maximum atomic E-state index is 5.51. The number of aliphatic imine (C=N–C) groups is 1. The van der Waals surface area contributed by atoms with E-state index in [0.29, 0.717) is 23.8 Å². The van der Waals surface area contributed by atoms with Gasteiger partial charge in [-0.1, -0.05) is 26.2 Å². The fourth-order valence-electron chi connectivity index (χ4n) is 2.55. The van der Waals surface area contributed by atoms with Gasteiger partial charge >= 0.3 is 0 Å². The van der Waals surface area contributed by atoms with E-state index in [0.717, 1.165) is 31.0 Å². The van der Waals surface area contributed by atoms with Crippen molar-refractivity contribution in [2.75, 3.05) is 34.4 Å². The molecule has 1 aromatic rings. The SMILES string of the molecule is CCCCCCNC(=NCc1ccc(OC)c(OC)c1OC)NCC.I. The standard InChI is InChI=1S/C19H33N3O3.HI/c1-6-8-9-10-13-21-19(20-7-2)22-14-15-11-12-16(23-3)18(25-5)17(15)24-4;/h11-12H,6-10,13-14H2,1-5H3,(H2,20,21,22);1H. The van der Waals surface area contributed by atoms with E-state index in [1.165, 1.54) is 19.3 Å². The summed E-state index contributed by atoms with van der Waals surface area (Å²) in [6.45, 7) is 6.52. The minimum absolute atomic E-state index is 0. The Morgan fingerprint density at radius 2 is 1.65 bits per heavy atom. The molecule has 0 saturated heterocycles. The van der Waals surface area contributed by atoms with Crippen LogP contribution in [0.3, 0.4) is 0 Å². The normalized spacial score (nSPS) is 10.7. The van der Waals surface area contributed by atoms with Crippen molar-refractivity contribution in [2.45, 2.75) is 46.1 Å². The number of hydrogen-bond donors (Lipinski definition) is 2. The van der Waals surface area contributed by atoms with E-state index in [-0.39, 0.29) is 24.0 Å². The average Bonchev–Trinajstić information content (AvgIpc) is 2.64. The van der Waals surface area contributed by atoms with Crippen LogP contribution in [-0.2, 0) is 6.54 Å². The predicted octanol–water partition coefficient (Wildman–Crippen LogP) is 3.97. The smallest absolute Gasteiger partial charge is 0.203 e. The summed E-state index contributed by atoms with van der Waals surface area (Å²) in [5.74, 6) is 2.71. The number of ether oxygens (including phenoxy) is 3. The molecule has 0 aliphatic rings. The van der Waals surface area contributed by atoms with Gasteiger partial charge in [-0.05, 0) is 25.5 Å². The Hall–Kier alpha value is -1.38. The molecule has 0 aliphatic heterocycles. The highest BCUT2D eigenvalue weighted by atomic mass is 127. The van der Waals surface area contributed by atoms with Crippen molar-refractivity contribution in [2.24, 2.45) is 4.99 Å². The number of rotatable bonds is 11. The number of unbranched alkanes of at least 4 members (excludes halogenated alkanes) is 3. The quantitative estimate of drug-likeness (QED) is 0.218. The second-order valence-electron chi connectivity index (χ2n) is 5.68. The van der Waals surface area contributed by atoms with Crippen molar-refractivity contribution in [3.05, 3.63) is 17.7 Å². The summed E-state index contributed by atoms with van der Waals surface area (Å²) in [4.78, 5) is 4.66. The molecule has 0 aromatic heterocycles. The lowest BCUT2D eigenvalue weighted by Gasteiger charge is -2.15. The van der Waals surface area contributed by atoms with Crippen LogP contribution >= 0.6 is 24.0 Å².